The number of nitrogens with one attached hydrogen (secondary N) is 1. The van der Waals surface area contributed by atoms with Gasteiger partial charge in [0.15, 0.2) is 0 Å². The summed E-state index contributed by atoms with van der Waals surface area (Å²) in [4.78, 5) is 0. The summed E-state index contributed by atoms with van der Waals surface area (Å²) >= 11 is 5.81. The van der Waals surface area contributed by atoms with E-state index in [9.17, 15) is 9.50 Å². The van der Waals surface area contributed by atoms with Gasteiger partial charge in [-0.1, -0.05) is 17.7 Å². The standard InChI is InChI=1S/C14H13ClFNO/c1-9-4-11(16)7-12(5-9)17-8-10-2-3-14(18)13(15)6-10/h2-7,17-18H,8H2,1H3. The monoisotopic (exact) mass is 265 g/mol. The van der Waals surface area contributed by atoms with E-state index in [4.69, 9.17) is 11.6 Å². The van der Waals surface area contributed by atoms with Crippen molar-refractivity contribution in [2.24, 2.45) is 0 Å². The number of aromatic hydroxyl groups is 1. The van der Waals surface area contributed by atoms with Gasteiger partial charge in [0.05, 0.1) is 5.02 Å². The van der Waals surface area contributed by atoms with E-state index in [1.165, 1.54) is 18.2 Å². The van der Waals surface area contributed by atoms with Crippen LogP contribution in [0.3, 0.4) is 0 Å². The molecule has 0 atom stereocenters. The lowest BCUT2D eigenvalue weighted by molar-refractivity contribution is 0.475. The van der Waals surface area contributed by atoms with Gasteiger partial charge in [0, 0.05) is 12.2 Å². The van der Waals surface area contributed by atoms with E-state index < -0.39 is 0 Å². The van der Waals surface area contributed by atoms with Crippen molar-refractivity contribution in [1.29, 1.82) is 0 Å². The molecule has 0 unspecified atom stereocenters. The van der Waals surface area contributed by atoms with E-state index in [2.05, 4.69) is 5.32 Å². The molecule has 2 N–H and O–H groups in total. The Labute approximate surface area is 110 Å². The molecule has 18 heavy (non-hydrogen) atoms. The Bertz CT molecular complexity index is 551. The topological polar surface area (TPSA) is 32.3 Å². The summed E-state index contributed by atoms with van der Waals surface area (Å²) in [5, 5.41) is 12.7. The van der Waals surface area contributed by atoms with Crippen LogP contribution in [0.15, 0.2) is 36.4 Å². The number of phenols is 1. The van der Waals surface area contributed by atoms with Crippen molar-refractivity contribution in [3.05, 3.63) is 58.4 Å². The molecule has 0 radical (unpaired) electrons. The van der Waals surface area contributed by atoms with Crippen molar-refractivity contribution in [1.82, 2.24) is 0 Å². The van der Waals surface area contributed by atoms with Gasteiger partial charge in [-0.05, 0) is 48.4 Å². The molecule has 0 fully saturated rings. The molecule has 0 spiro atoms. The zero-order chi connectivity index (χ0) is 13.1. The predicted molar refractivity (Wildman–Crippen MR) is 71.6 cm³/mol. The molecule has 0 saturated carbocycles. The molecular formula is C14H13ClFNO. The second kappa shape index (κ2) is 5.27. The second-order valence-corrected chi connectivity index (χ2v) is 4.56. The maximum Gasteiger partial charge on any atom is 0.134 e. The minimum atomic E-state index is -0.263. The second-order valence-electron chi connectivity index (χ2n) is 4.16. The number of anilines is 1. The fraction of sp³-hybridized carbons (Fsp3) is 0.143. The van der Waals surface area contributed by atoms with E-state index in [0.717, 1.165) is 16.8 Å². The van der Waals surface area contributed by atoms with Crippen molar-refractivity contribution in [3.8, 4) is 5.75 Å². The maximum absolute atomic E-state index is 13.2. The van der Waals surface area contributed by atoms with Gasteiger partial charge in [0.2, 0.25) is 0 Å². The summed E-state index contributed by atoms with van der Waals surface area (Å²) in [6.07, 6.45) is 0. The molecule has 2 aromatic rings. The van der Waals surface area contributed by atoms with Gasteiger partial charge in [-0.15, -0.1) is 0 Å². The summed E-state index contributed by atoms with van der Waals surface area (Å²) < 4.78 is 13.2. The van der Waals surface area contributed by atoms with Crippen molar-refractivity contribution < 1.29 is 9.50 Å². The summed E-state index contributed by atoms with van der Waals surface area (Å²) in [6, 6.07) is 9.76. The van der Waals surface area contributed by atoms with Crippen LogP contribution in [-0.2, 0) is 6.54 Å². The van der Waals surface area contributed by atoms with Crippen molar-refractivity contribution in [3.63, 3.8) is 0 Å². The molecule has 0 saturated heterocycles. The van der Waals surface area contributed by atoms with E-state index >= 15 is 0 Å². The molecule has 2 rings (SSSR count). The number of hydrogen-bond donors (Lipinski definition) is 2. The first-order valence-electron chi connectivity index (χ1n) is 5.53. The minimum absolute atomic E-state index is 0.0574. The summed E-state index contributed by atoms with van der Waals surface area (Å²) in [6.45, 7) is 2.36. The van der Waals surface area contributed by atoms with Crippen LogP contribution in [0.2, 0.25) is 5.02 Å². The summed E-state index contributed by atoms with van der Waals surface area (Å²) in [5.41, 5.74) is 2.50. The Kier molecular flexibility index (Phi) is 3.72. The van der Waals surface area contributed by atoms with E-state index in [1.54, 1.807) is 12.1 Å². The molecule has 0 bridgehead atoms. The number of hydrogen-bond acceptors (Lipinski definition) is 2. The van der Waals surface area contributed by atoms with Crippen LogP contribution < -0.4 is 5.32 Å². The SMILES string of the molecule is Cc1cc(F)cc(NCc2ccc(O)c(Cl)c2)c1. The van der Waals surface area contributed by atoms with E-state index in [1.807, 2.05) is 13.0 Å². The predicted octanol–water partition coefficient (Wildman–Crippen LogP) is 4.11. The quantitative estimate of drug-likeness (QED) is 0.875. The lowest BCUT2D eigenvalue weighted by atomic mass is 10.2. The average Bonchev–Trinajstić information content (AvgIpc) is 2.29. The Hall–Kier alpha value is -1.74. The fourth-order valence-corrected chi connectivity index (χ4v) is 1.91. The molecule has 2 nitrogen and oxygen atoms in total. The van der Waals surface area contributed by atoms with E-state index in [-0.39, 0.29) is 11.6 Å². The number of benzene rings is 2. The summed E-state index contributed by atoms with van der Waals surface area (Å²) in [5.74, 6) is -0.205. The maximum atomic E-state index is 13.2. The molecule has 0 amide bonds. The Morgan fingerprint density at radius 3 is 2.67 bits per heavy atom. The smallest absolute Gasteiger partial charge is 0.134 e. The number of rotatable bonds is 3. The number of aryl methyl sites for hydroxylation is 1. The third-order valence-electron chi connectivity index (χ3n) is 2.55. The molecule has 94 valence electrons. The minimum Gasteiger partial charge on any atom is -0.506 e. The van der Waals surface area contributed by atoms with Gasteiger partial charge >= 0.3 is 0 Å². The number of halogens is 2. The van der Waals surface area contributed by atoms with Crippen LogP contribution in [0.25, 0.3) is 0 Å². The molecule has 0 aromatic heterocycles. The van der Waals surface area contributed by atoms with Gasteiger partial charge < -0.3 is 10.4 Å². The highest BCUT2D eigenvalue weighted by molar-refractivity contribution is 6.32. The molecule has 0 heterocycles. The third kappa shape index (κ3) is 3.14. The van der Waals surface area contributed by atoms with Crippen LogP contribution in [0, 0.1) is 12.7 Å². The fourth-order valence-electron chi connectivity index (χ4n) is 1.70. The Balaban J connectivity index is 2.08. The normalized spacial score (nSPS) is 10.4. The highest BCUT2D eigenvalue weighted by Gasteiger charge is 2.01. The van der Waals surface area contributed by atoms with Gasteiger partial charge in [0.25, 0.3) is 0 Å². The van der Waals surface area contributed by atoms with Crippen LogP contribution in [-0.4, -0.2) is 5.11 Å². The van der Waals surface area contributed by atoms with Crippen LogP contribution in [0.5, 0.6) is 5.75 Å². The molecule has 4 heteroatoms. The van der Waals surface area contributed by atoms with Crippen LogP contribution in [0.1, 0.15) is 11.1 Å². The number of phenolic OH excluding ortho intramolecular Hbond substituents is 1. The summed E-state index contributed by atoms with van der Waals surface area (Å²) in [7, 11) is 0. The first-order chi connectivity index (χ1) is 8.54. The van der Waals surface area contributed by atoms with Crippen molar-refractivity contribution in [2.75, 3.05) is 5.32 Å². The third-order valence-corrected chi connectivity index (χ3v) is 2.85. The van der Waals surface area contributed by atoms with Gasteiger partial charge in [0.1, 0.15) is 11.6 Å². The molecule has 0 aliphatic heterocycles. The molecular weight excluding hydrogens is 253 g/mol. The Morgan fingerprint density at radius 1 is 1.22 bits per heavy atom. The largest absolute Gasteiger partial charge is 0.506 e. The van der Waals surface area contributed by atoms with E-state index in [0.29, 0.717) is 11.6 Å². The first kappa shape index (κ1) is 12.7. The zero-order valence-corrected chi connectivity index (χ0v) is 10.6. The van der Waals surface area contributed by atoms with Gasteiger partial charge in [-0.2, -0.15) is 0 Å². The highest BCUT2D eigenvalue weighted by Crippen LogP contribution is 2.24. The Morgan fingerprint density at radius 2 is 2.00 bits per heavy atom. The highest BCUT2D eigenvalue weighted by atomic mass is 35.5. The molecule has 2 aromatic carbocycles. The first-order valence-corrected chi connectivity index (χ1v) is 5.91. The van der Waals surface area contributed by atoms with Crippen LogP contribution >= 0.6 is 11.6 Å². The molecule has 0 aliphatic carbocycles. The van der Waals surface area contributed by atoms with Gasteiger partial charge in [-0.25, -0.2) is 4.39 Å². The van der Waals surface area contributed by atoms with Crippen LogP contribution in [0.4, 0.5) is 10.1 Å². The lowest BCUT2D eigenvalue weighted by Crippen LogP contribution is -2.00. The lowest BCUT2D eigenvalue weighted by Gasteiger charge is -2.08. The van der Waals surface area contributed by atoms with Gasteiger partial charge in [-0.3, -0.25) is 0 Å². The van der Waals surface area contributed by atoms with Crippen molar-refractivity contribution >= 4 is 17.3 Å². The average molecular weight is 266 g/mol. The zero-order valence-electron chi connectivity index (χ0n) is 9.87. The molecule has 0 aliphatic rings. The van der Waals surface area contributed by atoms with Crippen molar-refractivity contribution in [2.45, 2.75) is 13.5 Å².